The van der Waals surface area contributed by atoms with Gasteiger partial charge >= 0.3 is 0 Å². The van der Waals surface area contributed by atoms with Crippen LogP contribution in [0.3, 0.4) is 0 Å². The van der Waals surface area contributed by atoms with Gasteiger partial charge < -0.3 is 14.8 Å². The first-order valence-electron chi connectivity index (χ1n) is 7.97. The Morgan fingerprint density at radius 3 is 2.48 bits per heavy atom. The van der Waals surface area contributed by atoms with Crippen molar-refractivity contribution in [1.82, 2.24) is 5.32 Å². The SMILES string of the molecule is COc1ccc(CC2=N/C(=C/c3ccc(OC)c(C)c3)C(=O)N2)cc1. The number of benzene rings is 2. The Morgan fingerprint density at radius 2 is 1.84 bits per heavy atom. The lowest BCUT2D eigenvalue weighted by Crippen LogP contribution is -2.25. The van der Waals surface area contributed by atoms with Crippen LogP contribution < -0.4 is 14.8 Å². The molecule has 0 fully saturated rings. The van der Waals surface area contributed by atoms with Crippen LogP contribution in [0, 0.1) is 6.92 Å². The fraction of sp³-hybridized carbons (Fsp3) is 0.200. The highest BCUT2D eigenvalue weighted by Gasteiger charge is 2.20. The Hall–Kier alpha value is -3.08. The highest BCUT2D eigenvalue weighted by molar-refractivity contribution is 6.14. The van der Waals surface area contributed by atoms with Gasteiger partial charge in [-0.05, 0) is 54.0 Å². The first kappa shape index (κ1) is 16.8. The smallest absolute Gasteiger partial charge is 0.275 e. The molecule has 0 aromatic heterocycles. The third-order valence-electron chi connectivity index (χ3n) is 4.00. The minimum Gasteiger partial charge on any atom is -0.497 e. The predicted octanol–water partition coefficient (Wildman–Crippen LogP) is 3.12. The molecule has 0 spiro atoms. The van der Waals surface area contributed by atoms with Crippen molar-refractivity contribution in [2.24, 2.45) is 4.99 Å². The third kappa shape index (κ3) is 3.88. The topological polar surface area (TPSA) is 59.9 Å². The number of carbonyl (C=O) groups is 1. The molecule has 0 radical (unpaired) electrons. The van der Waals surface area contributed by atoms with E-state index in [1.807, 2.05) is 49.4 Å². The zero-order valence-electron chi connectivity index (χ0n) is 14.5. The second kappa shape index (κ2) is 7.21. The lowest BCUT2D eigenvalue weighted by atomic mass is 10.1. The molecule has 1 amide bonds. The number of ether oxygens (including phenoxy) is 2. The Balaban J connectivity index is 1.78. The zero-order valence-corrected chi connectivity index (χ0v) is 14.5. The van der Waals surface area contributed by atoms with Gasteiger partial charge in [0.05, 0.1) is 14.2 Å². The molecule has 2 aromatic rings. The van der Waals surface area contributed by atoms with E-state index in [0.717, 1.165) is 28.2 Å². The van der Waals surface area contributed by atoms with E-state index in [4.69, 9.17) is 9.47 Å². The lowest BCUT2D eigenvalue weighted by molar-refractivity contribution is -0.115. The maximum Gasteiger partial charge on any atom is 0.275 e. The molecule has 0 atom stereocenters. The summed E-state index contributed by atoms with van der Waals surface area (Å²) in [6, 6.07) is 13.5. The summed E-state index contributed by atoms with van der Waals surface area (Å²) in [5.41, 5.74) is 3.39. The summed E-state index contributed by atoms with van der Waals surface area (Å²) in [4.78, 5) is 16.6. The van der Waals surface area contributed by atoms with E-state index in [-0.39, 0.29) is 5.91 Å². The van der Waals surface area contributed by atoms with Gasteiger partial charge in [0.25, 0.3) is 5.91 Å². The van der Waals surface area contributed by atoms with Crippen molar-refractivity contribution < 1.29 is 14.3 Å². The molecule has 0 bridgehead atoms. The molecule has 2 aromatic carbocycles. The maximum absolute atomic E-state index is 12.1. The average molecular weight is 336 g/mol. The summed E-state index contributed by atoms with van der Waals surface area (Å²) in [6.07, 6.45) is 2.34. The number of methoxy groups -OCH3 is 2. The second-order valence-electron chi connectivity index (χ2n) is 5.80. The standard InChI is InChI=1S/C20H20N2O3/c1-13-10-15(6-9-18(13)25-3)11-17-20(23)22-19(21-17)12-14-4-7-16(24-2)8-5-14/h4-11H,12H2,1-3H3,(H,21,22,23)/b17-11+. The number of rotatable bonds is 5. The van der Waals surface area contributed by atoms with Crippen LogP contribution in [0.1, 0.15) is 16.7 Å². The number of nitrogens with one attached hydrogen (secondary N) is 1. The van der Waals surface area contributed by atoms with Crippen LogP contribution in [-0.4, -0.2) is 26.0 Å². The Bertz CT molecular complexity index is 852. The van der Waals surface area contributed by atoms with E-state index >= 15 is 0 Å². The fourth-order valence-corrected chi connectivity index (χ4v) is 2.69. The van der Waals surface area contributed by atoms with Crippen molar-refractivity contribution >= 4 is 17.8 Å². The number of carbonyl (C=O) groups excluding carboxylic acids is 1. The molecular weight excluding hydrogens is 316 g/mol. The molecular formula is C20H20N2O3. The van der Waals surface area contributed by atoms with E-state index in [2.05, 4.69) is 10.3 Å². The number of aryl methyl sites for hydroxylation is 1. The van der Waals surface area contributed by atoms with Crippen LogP contribution in [0.25, 0.3) is 6.08 Å². The van der Waals surface area contributed by atoms with E-state index in [0.29, 0.717) is 18.0 Å². The summed E-state index contributed by atoms with van der Waals surface area (Å²) in [6.45, 7) is 1.97. The summed E-state index contributed by atoms with van der Waals surface area (Å²) < 4.78 is 10.4. The number of hydrogen-bond donors (Lipinski definition) is 1. The second-order valence-corrected chi connectivity index (χ2v) is 5.80. The van der Waals surface area contributed by atoms with E-state index in [9.17, 15) is 4.79 Å². The van der Waals surface area contributed by atoms with Crippen LogP contribution in [0.5, 0.6) is 11.5 Å². The highest BCUT2D eigenvalue weighted by atomic mass is 16.5. The van der Waals surface area contributed by atoms with Gasteiger partial charge in [0.15, 0.2) is 0 Å². The Kier molecular flexibility index (Phi) is 4.84. The normalized spacial score (nSPS) is 15.1. The van der Waals surface area contributed by atoms with E-state index in [1.165, 1.54) is 0 Å². The molecule has 0 saturated heterocycles. The van der Waals surface area contributed by atoms with Crippen molar-refractivity contribution in [1.29, 1.82) is 0 Å². The van der Waals surface area contributed by atoms with Crippen molar-refractivity contribution in [2.75, 3.05) is 14.2 Å². The largest absolute Gasteiger partial charge is 0.497 e. The molecule has 0 unspecified atom stereocenters. The molecule has 128 valence electrons. The van der Waals surface area contributed by atoms with Gasteiger partial charge in [-0.3, -0.25) is 4.79 Å². The van der Waals surface area contributed by atoms with Crippen molar-refractivity contribution in [3.63, 3.8) is 0 Å². The van der Waals surface area contributed by atoms with Crippen LogP contribution in [-0.2, 0) is 11.2 Å². The molecule has 1 N–H and O–H groups in total. The molecule has 25 heavy (non-hydrogen) atoms. The average Bonchev–Trinajstić information content (AvgIpc) is 2.95. The van der Waals surface area contributed by atoms with Crippen molar-refractivity contribution in [3.05, 3.63) is 64.9 Å². The summed E-state index contributed by atoms with van der Waals surface area (Å²) in [7, 11) is 3.27. The van der Waals surface area contributed by atoms with Gasteiger partial charge in [-0.1, -0.05) is 18.2 Å². The van der Waals surface area contributed by atoms with Crippen molar-refractivity contribution in [3.8, 4) is 11.5 Å². The minimum atomic E-state index is -0.183. The lowest BCUT2D eigenvalue weighted by Gasteiger charge is -2.04. The summed E-state index contributed by atoms with van der Waals surface area (Å²) in [5, 5.41) is 2.83. The molecule has 5 heteroatoms. The van der Waals surface area contributed by atoms with Crippen LogP contribution in [0.15, 0.2) is 53.2 Å². The van der Waals surface area contributed by atoms with E-state index < -0.39 is 0 Å². The molecule has 0 saturated carbocycles. The molecule has 1 heterocycles. The fourth-order valence-electron chi connectivity index (χ4n) is 2.69. The molecule has 0 aliphatic carbocycles. The van der Waals surface area contributed by atoms with Crippen LogP contribution in [0.2, 0.25) is 0 Å². The summed E-state index contributed by atoms with van der Waals surface area (Å²) in [5.74, 6) is 2.09. The van der Waals surface area contributed by atoms with Gasteiger partial charge in [0.2, 0.25) is 0 Å². The predicted molar refractivity (Wildman–Crippen MR) is 98.0 cm³/mol. The van der Waals surface area contributed by atoms with E-state index in [1.54, 1.807) is 20.3 Å². The van der Waals surface area contributed by atoms with Crippen molar-refractivity contribution in [2.45, 2.75) is 13.3 Å². The molecule has 1 aliphatic heterocycles. The minimum absolute atomic E-state index is 0.183. The van der Waals surface area contributed by atoms with Gasteiger partial charge in [-0.25, -0.2) is 4.99 Å². The third-order valence-corrected chi connectivity index (χ3v) is 4.00. The number of aliphatic imine (C=N–C) groups is 1. The first-order chi connectivity index (χ1) is 12.1. The molecule has 5 nitrogen and oxygen atoms in total. The molecule has 3 rings (SSSR count). The van der Waals surface area contributed by atoms with Gasteiger partial charge in [0.1, 0.15) is 23.0 Å². The first-order valence-corrected chi connectivity index (χ1v) is 7.97. The number of nitrogens with zero attached hydrogens (tertiary/aromatic N) is 1. The highest BCUT2D eigenvalue weighted by Crippen LogP contribution is 2.21. The maximum atomic E-state index is 12.1. The van der Waals surface area contributed by atoms with Crippen LogP contribution >= 0.6 is 0 Å². The van der Waals surface area contributed by atoms with Gasteiger partial charge in [-0.2, -0.15) is 0 Å². The number of amidine groups is 1. The van der Waals surface area contributed by atoms with Gasteiger partial charge in [0, 0.05) is 6.42 Å². The zero-order chi connectivity index (χ0) is 17.8. The summed E-state index contributed by atoms with van der Waals surface area (Å²) >= 11 is 0. The Labute approximate surface area is 147 Å². The van der Waals surface area contributed by atoms with Crippen LogP contribution in [0.4, 0.5) is 0 Å². The Morgan fingerprint density at radius 1 is 1.08 bits per heavy atom. The number of amides is 1. The molecule has 1 aliphatic rings. The monoisotopic (exact) mass is 336 g/mol. The van der Waals surface area contributed by atoms with Gasteiger partial charge in [-0.15, -0.1) is 0 Å². The number of hydrogen-bond acceptors (Lipinski definition) is 4. The quantitative estimate of drug-likeness (QED) is 0.854.